The van der Waals surface area contributed by atoms with Crippen LogP contribution in [0.3, 0.4) is 0 Å². The fourth-order valence-corrected chi connectivity index (χ4v) is 3.04. The molecule has 0 unspecified atom stereocenters. The molecule has 132 valence electrons. The Morgan fingerprint density at radius 2 is 1.73 bits per heavy atom. The summed E-state index contributed by atoms with van der Waals surface area (Å²) in [7, 11) is 0. The standard InChI is InChI=1S/C20H17FN2O2S/c21-18-6-2-1-5-17(18)20(25)23-15-9-7-14(8-10-15)12-19(24)22-13-16-4-3-11-26-16/h1-11H,12-13H2,(H,22,24)(H,23,25). The van der Waals surface area contributed by atoms with Gasteiger partial charge in [-0.25, -0.2) is 4.39 Å². The van der Waals surface area contributed by atoms with E-state index in [0.29, 0.717) is 12.2 Å². The Morgan fingerprint density at radius 3 is 2.42 bits per heavy atom. The fourth-order valence-electron chi connectivity index (χ4n) is 2.40. The summed E-state index contributed by atoms with van der Waals surface area (Å²) >= 11 is 1.60. The Balaban J connectivity index is 1.54. The van der Waals surface area contributed by atoms with Crippen LogP contribution < -0.4 is 10.6 Å². The molecule has 0 atom stereocenters. The van der Waals surface area contributed by atoms with Gasteiger partial charge >= 0.3 is 0 Å². The summed E-state index contributed by atoms with van der Waals surface area (Å²) in [6.45, 7) is 0.521. The molecular formula is C20H17FN2O2S. The van der Waals surface area contributed by atoms with Crippen molar-refractivity contribution in [2.24, 2.45) is 0 Å². The van der Waals surface area contributed by atoms with Gasteiger partial charge in [-0.2, -0.15) is 0 Å². The molecule has 0 radical (unpaired) electrons. The zero-order valence-electron chi connectivity index (χ0n) is 13.9. The van der Waals surface area contributed by atoms with Crippen molar-refractivity contribution >= 4 is 28.8 Å². The maximum atomic E-state index is 13.6. The number of nitrogens with one attached hydrogen (secondary N) is 2. The maximum absolute atomic E-state index is 13.6. The summed E-state index contributed by atoms with van der Waals surface area (Å²) in [5.74, 6) is -1.14. The Kier molecular flexibility index (Phi) is 5.76. The number of hydrogen-bond donors (Lipinski definition) is 2. The predicted molar refractivity (Wildman–Crippen MR) is 101 cm³/mol. The maximum Gasteiger partial charge on any atom is 0.258 e. The van der Waals surface area contributed by atoms with Crippen molar-refractivity contribution in [1.82, 2.24) is 5.32 Å². The summed E-state index contributed by atoms with van der Waals surface area (Å²) in [4.78, 5) is 25.2. The van der Waals surface area contributed by atoms with Crippen LogP contribution in [0.5, 0.6) is 0 Å². The summed E-state index contributed by atoms with van der Waals surface area (Å²) < 4.78 is 13.6. The minimum atomic E-state index is -0.566. The highest BCUT2D eigenvalue weighted by molar-refractivity contribution is 7.09. The molecule has 4 nitrogen and oxygen atoms in total. The lowest BCUT2D eigenvalue weighted by Crippen LogP contribution is -2.24. The van der Waals surface area contributed by atoms with E-state index in [-0.39, 0.29) is 17.9 Å². The number of halogens is 1. The molecule has 0 saturated heterocycles. The molecule has 2 aromatic carbocycles. The first-order chi connectivity index (χ1) is 12.6. The van der Waals surface area contributed by atoms with Crippen LogP contribution in [-0.2, 0) is 17.8 Å². The molecule has 0 bridgehead atoms. The molecule has 3 rings (SSSR count). The van der Waals surface area contributed by atoms with Crippen LogP contribution in [0.1, 0.15) is 20.8 Å². The average Bonchev–Trinajstić information content (AvgIpc) is 3.15. The van der Waals surface area contributed by atoms with Crippen molar-refractivity contribution in [2.75, 3.05) is 5.32 Å². The lowest BCUT2D eigenvalue weighted by atomic mass is 10.1. The van der Waals surface area contributed by atoms with E-state index in [4.69, 9.17) is 0 Å². The smallest absolute Gasteiger partial charge is 0.258 e. The number of benzene rings is 2. The number of carbonyl (C=O) groups excluding carboxylic acids is 2. The molecule has 26 heavy (non-hydrogen) atoms. The highest BCUT2D eigenvalue weighted by Crippen LogP contribution is 2.14. The molecule has 0 spiro atoms. The lowest BCUT2D eigenvalue weighted by molar-refractivity contribution is -0.120. The normalized spacial score (nSPS) is 10.3. The van der Waals surface area contributed by atoms with Crippen LogP contribution >= 0.6 is 11.3 Å². The van der Waals surface area contributed by atoms with Crippen molar-refractivity contribution < 1.29 is 14.0 Å². The van der Waals surface area contributed by atoms with Gasteiger partial charge in [0.2, 0.25) is 5.91 Å². The van der Waals surface area contributed by atoms with Crippen molar-refractivity contribution in [2.45, 2.75) is 13.0 Å². The third kappa shape index (κ3) is 4.77. The van der Waals surface area contributed by atoms with Gasteiger partial charge in [-0.15, -0.1) is 11.3 Å². The van der Waals surface area contributed by atoms with Gasteiger partial charge in [-0.05, 0) is 41.3 Å². The number of rotatable bonds is 6. The monoisotopic (exact) mass is 368 g/mol. The molecule has 0 aliphatic carbocycles. The molecule has 2 amide bonds. The van der Waals surface area contributed by atoms with Crippen LogP contribution in [0, 0.1) is 5.82 Å². The molecule has 0 saturated carbocycles. The van der Waals surface area contributed by atoms with Crippen LogP contribution in [0.2, 0.25) is 0 Å². The quantitative estimate of drug-likeness (QED) is 0.691. The molecule has 6 heteroatoms. The largest absolute Gasteiger partial charge is 0.351 e. The summed E-state index contributed by atoms with van der Waals surface area (Å²) in [6.07, 6.45) is 0.257. The van der Waals surface area contributed by atoms with E-state index in [9.17, 15) is 14.0 Å². The number of hydrogen-bond acceptors (Lipinski definition) is 3. The van der Waals surface area contributed by atoms with Crippen LogP contribution in [0.15, 0.2) is 66.0 Å². The van der Waals surface area contributed by atoms with Gasteiger partial charge in [0, 0.05) is 10.6 Å². The van der Waals surface area contributed by atoms with Gasteiger partial charge in [0.15, 0.2) is 0 Å². The Labute approximate surface area is 154 Å². The van der Waals surface area contributed by atoms with Gasteiger partial charge in [-0.1, -0.05) is 30.3 Å². The van der Waals surface area contributed by atoms with Crippen molar-refractivity contribution in [3.8, 4) is 0 Å². The van der Waals surface area contributed by atoms with Crippen LogP contribution in [-0.4, -0.2) is 11.8 Å². The minimum absolute atomic E-state index is 0.00969. The van der Waals surface area contributed by atoms with Crippen LogP contribution in [0.25, 0.3) is 0 Å². The Morgan fingerprint density at radius 1 is 0.962 bits per heavy atom. The Bertz CT molecular complexity index is 892. The number of anilines is 1. The third-order valence-electron chi connectivity index (χ3n) is 3.73. The highest BCUT2D eigenvalue weighted by atomic mass is 32.1. The van der Waals surface area contributed by atoms with E-state index in [0.717, 1.165) is 10.4 Å². The molecule has 0 aliphatic rings. The zero-order valence-corrected chi connectivity index (χ0v) is 14.7. The van der Waals surface area contributed by atoms with E-state index in [1.807, 2.05) is 17.5 Å². The summed E-state index contributed by atoms with van der Waals surface area (Å²) in [6, 6.07) is 16.6. The molecule has 0 fully saturated rings. The van der Waals surface area contributed by atoms with Crippen molar-refractivity contribution in [3.05, 3.63) is 87.9 Å². The predicted octanol–water partition coefficient (Wildman–Crippen LogP) is 4.00. The van der Waals surface area contributed by atoms with E-state index >= 15 is 0 Å². The summed E-state index contributed by atoms with van der Waals surface area (Å²) in [5.41, 5.74) is 1.36. The average molecular weight is 368 g/mol. The van der Waals surface area contributed by atoms with Gasteiger partial charge < -0.3 is 10.6 Å². The minimum Gasteiger partial charge on any atom is -0.351 e. The van der Waals surface area contributed by atoms with E-state index < -0.39 is 11.7 Å². The van der Waals surface area contributed by atoms with Crippen molar-refractivity contribution in [3.63, 3.8) is 0 Å². The van der Waals surface area contributed by atoms with Gasteiger partial charge in [0.1, 0.15) is 5.82 Å². The zero-order chi connectivity index (χ0) is 18.4. The van der Waals surface area contributed by atoms with Gasteiger partial charge in [0.25, 0.3) is 5.91 Å². The second-order valence-corrected chi connectivity index (χ2v) is 6.70. The molecule has 1 aromatic heterocycles. The van der Waals surface area contributed by atoms with Gasteiger partial charge in [0.05, 0.1) is 18.5 Å². The SMILES string of the molecule is O=C(Cc1ccc(NC(=O)c2ccccc2F)cc1)NCc1cccs1. The molecule has 2 N–H and O–H groups in total. The first-order valence-corrected chi connectivity index (χ1v) is 8.93. The first-order valence-electron chi connectivity index (χ1n) is 8.06. The second kappa shape index (κ2) is 8.40. The van der Waals surface area contributed by atoms with E-state index in [1.54, 1.807) is 41.7 Å². The molecule has 3 aromatic rings. The number of thiophene rings is 1. The van der Waals surface area contributed by atoms with Gasteiger partial charge in [-0.3, -0.25) is 9.59 Å². The van der Waals surface area contributed by atoms with E-state index in [2.05, 4.69) is 10.6 Å². The highest BCUT2D eigenvalue weighted by Gasteiger charge is 2.11. The topological polar surface area (TPSA) is 58.2 Å². The van der Waals surface area contributed by atoms with E-state index in [1.165, 1.54) is 18.2 Å². The molecular weight excluding hydrogens is 351 g/mol. The third-order valence-corrected chi connectivity index (χ3v) is 4.61. The molecule has 0 aliphatic heterocycles. The second-order valence-electron chi connectivity index (χ2n) is 5.66. The number of carbonyl (C=O) groups is 2. The summed E-state index contributed by atoms with van der Waals surface area (Å²) in [5, 5.41) is 7.48. The van der Waals surface area contributed by atoms with Crippen LogP contribution in [0.4, 0.5) is 10.1 Å². The number of amides is 2. The lowest BCUT2D eigenvalue weighted by Gasteiger charge is -2.08. The fraction of sp³-hybridized carbons (Fsp3) is 0.100. The first kappa shape index (κ1) is 17.8. The Hall–Kier alpha value is -2.99. The molecule has 1 heterocycles. The van der Waals surface area contributed by atoms with Crippen molar-refractivity contribution in [1.29, 1.82) is 0 Å².